The Hall–Kier alpha value is -1.23. The van der Waals surface area contributed by atoms with Gasteiger partial charge in [-0.1, -0.05) is 23.2 Å². The van der Waals surface area contributed by atoms with Gasteiger partial charge in [-0.3, -0.25) is 4.68 Å². The lowest BCUT2D eigenvalue weighted by molar-refractivity contribution is 0.315. The van der Waals surface area contributed by atoms with Crippen molar-refractivity contribution in [3.63, 3.8) is 0 Å². The molecule has 4 nitrogen and oxygen atoms in total. The molecule has 0 unspecified atom stereocenters. The van der Waals surface area contributed by atoms with Gasteiger partial charge in [-0.05, 0) is 18.2 Å². The van der Waals surface area contributed by atoms with Crippen molar-refractivity contribution in [3.05, 3.63) is 45.7 Å². The summed E-state index contributed by atoms with van der Waals surface area (Å²) in [5.41, 5.74) is 7.57. The van der Waals surface area contributed by atoms with Gasteiger partial charge in [0, 0.05) is 42.5 Å². The van der Waals surface area contributed by atoms with Crippen LogP contribution in [-0.4, -0.2) is 16.4 Å². The molecule has 0 bridgehead atoms. The van der Waals surface area contributed by atoms with E-state index in [1.807, 2.05) is 17.8 Å². The second kappa shape index (κ2) is 6.28. The van der Waals surface area contributed by atoms with Gasteiger partial charge in [0.2, 0.25) is 0 Å². The minimum Gasteiger partial charge on any atom is -0.491 e. The molecular formula is C13H15Cl2N3O. The van der Waals surface area contributed by atoms with Crippen LogP contribution in [0, 0.1) is 0 Å². The highest BCUT2D eigenvalue weighted by molar-refractivity contribution is 6.35. The van der Waals surface area contributed by atoms with Crippen LogP contribution in [0.25, 0.3) is 0 Å². The number of nitrogens with zero attached hydrogens (tertiary/aromatic N) is 2. The van der Waals surface area contributed by atoms with Crippen LogP contribution in [0.2, 0.25) is 10.0 Å². The third-order valence-corrected chi connectivity index (χ3v) is 3.33. The Labute approximate surface area is 122 Å². The fourth-order valence-electron chi connectivity index (χ4n) is 1.83. The first kappa shape index (κ1) is 14.2. The highest BCUT2D eigenvalue weighted by atomic mass is 35.5. The monoisotopic (exact) mass is 299 g/mol. The molecule has 0 aliphatic carbocycles. The summed E-state index contributed by atoms with van der Waals surface area (Å²) in [5.74, 6) is 0.607. The number of aryl methyl sites for hydroxylation is 1. The smallest absolute Gasteiger partial charge is 0.142 e. The Kier molecular flexibility index (Phi) is 4.69. The van der Waals surface area contributed by atoms with Crippen LogP contribution >= 0.6 is 23.2 Å². The Morgan fingerprint density at radius 2 is 2.16 bits per heavy atom. The molecule has 0 saturated heterocycles. The molecular weight excluding hydrogens is 285 g/mol. The molecule has 0 amide bonds. The van der Waals surface area contributed by atoms with Crippen molar-refractivity contribution >= 4 is 23.2 Å². The molecule has 1 aromatic carbocycles. The van der Waals surface area contributed by atoms with E-state index >= 15 is 0 Å². The fourth-order valence-corrected chi connectivity index (χ4v) is 2.42. The summed E-state index contributed by atoms with van der Waals surface area (Å²) in [6.07, 6.45) is 2.51. The Morgan fingerprint density at radius 3 is 2.79 bits per heavy atom. The van der Waals surface area contributed by atoms with Crippen LogP contribution in [0.3, 0.4) is 0 Å². The largest absolute Gasteiger partial charge is 0.491 e. The fraction of sp³-hybridized carbons (Fsp3) is 0.308. The van der Waals surface area contributed by atoms with Gasteiger partial charge in [0.25, 0.3) is 0 Å². The highest BCUT2D eigenvalue weighted by Gasteiger charge is 2.10. The minimum absolute atomic E-state index is 0.335. The maximum absolute atomic E-state index is 6.12. The molecule has 0 fully saturated rings. The van der Waals surface area contributed by atoms with Crippen LogP contribution in [0.1, 0.15) is 11.3 Å². The van der Waals surface area contributed by atoms with E-state index in [2.05, 4.69) is 5.10 Å². The molecule has 2 N–H and O–H groups in total. The van der Waals surface area contributed by atoms with E-state index in [0.29, 0.717) is 28.9 Å². The van der Waals surface area contributed by atoms with Gasteiger partial charge in [0.05, 0.1) is 11.6 Å². The standard InChI is InChI=1S/C13H15Cl2N3O/c1-18-11(2-4-17-18)3-5-19-13-9(8-16)6-10(14)7-12(13)15/h2,4,6-7H,3,5,8,16H2,1H3. The summed E-state index contributed by atoms with van der Waals surface area (Å²) in [6, 6.07) is 5.38. The van der Waals surface area contributed by atoms with Crippen LogP contribution in [0.4, 0.5) is 0 Å². The average molecular weight is 300 g/mol. The minimum atomic E-state index is 0.335. The van der Waals surface area contributed by atoms with Gasteiger partial charge in [-0.25, -0.2) is 0 Å². The molecule has 1 heterocycles. The maximum atomic E-state index is 6.12. The van der Waals surface area contributed by atoms with Gasteiger partial charge < -0.3 is 10.5 Å². The average Bonchev–Trinajstić information content (AvgIpc) is 2.77. The van der Waals surface area contributed by atoms with E-state index in [1.165, 1.54) is 0 Å². The van der Waals surface area contributed by atoms with E-state index in [-0.39, 0.29) is 0 Å². The SMILES string of the molecule is Cn1nccc1CCOc1c(Cl)cc(Cl)cc1CN. The van der Waals surface area contributed by atoms with E-state index in [1.54, 1.807) is 18.3 Å². The van der Waals surface area contributed by atoms with Crippen LogP contribution in [0.5, 0.6) is 5.75 Å². The molecule has 0 spiro atoms. The number of aromatic nitrogens is 2. The Morgan fingerprint density at radius 1 is 1.37 bits per heavy atom. The second-order valence-corrected chi connectivity index (χ2v) is 4.97. The molecule has 0 aliphatic rings. The van der Waals surface area contributed by atoms with Crippen molar-refractivity contribution in [1.82, 2.24) is 9.78 Å². The van der Waals surface area contributed by atoms with Crippen LogP contribution in [-0.2, 0) is 20.0 Å². The van der Waals surface area contributed by atoms with Gasteiger partial charge >= 0.3 is 0 Å². The third-order valence-electron chi connectivity index (χ3n) is 2.83. The molecule has 2 aromatic rings. The number of hydrogen-bond acceptors (Lipinski definition) is 3. The summed E-state index contributed by atoms with van der Waals surface area (Å²) in [4.78, 5) is 0. The van der Waals surface area contributed by atoms with Crippen molar-refractivity contribution in [1.29, 1.82) is 0 Å². The summed E-state index contributed by atoms with van der Waals surface area (Å²) < 4.78 is 7.55. The quantitative estimate of drug-likeness (QED) is 0.924. The third kappa shape index (κ3) is 3.41. The molecule has 19 heavy (non-hydrogen) atoms. The Bertz CT molecular complexity index is 569. The summed E-state index contributed by atoms with van der Waals surface area (Å²) in [7, 11) is 1.90. The zero-order chi connectivity index (χ0) is 13.8. The van der Waals surface area contributed by atoms with Gasteiger partial charge in [-0.2, -0.15) is 5.10 Å². The lowest BCUT2D eigenvalue weighted by Gasteiger charge is -2.12. The van der Waals surface area contributed by atoms with E-state index in [9.17, 15) is 0 Å². The molecule has 102 valence electrons. The zero-order valence-electron chi connectivity index (χ0n) is 10.6. The molecule has 0 atom stereocenters. The maximum Gasteiger partial charge on any atom is 0.142 e. The molecule has 6 heteroatoms. The normalized spacial score (nSPS) is 10.7. The zero-order valence-corrected chi connectivity index (χ0v) is 12.1. The molecule has 2 rings (SSSR count). The number of rotatable bonds is 5. The van der Waals surface area contributed by atoms with E-state index in [4.69, 9.17) is 33.7 Å². The van der Waals surface area contributed by atoms with Gasteiger partial charge in [-0.15, -0.1) is 0 Å². The first-order valence-corrected chi connectivity index (χ1v) is 6.65. The number of halogens is 2. The summed E-state index contributed by atoms with van der Waals surface area (Å²) >= 11 is 12.1. The Balaban J connectivity index is 2.05. The predicted molar refractivity (Wildman–Crippen MR) is 76.8 cm³/mol. The van der Waals surface area contributed by atoms with E-state index < -0.39 is 0 Å². The number of nitrogens with two attached hydrogens (primary N) is 1. The van der Waals surface area contributed by atoms with Crippen molar-refractivity contribution in [3.8, 4) is 5.75 Å². The summed E-state index contributed by atoms with van der Waals surface area (Å²) in [5, 5.41) is 5.15. The topological polar surface area (TPSA) is 53.1 Å². The molecule has 0 radical (unpaired) electrons. The molecule has 0 aliphatic heterocycles. The predicted octanol–water partition coefficient (Wildman–Crippen LogP) is 2.81. The number of benzene rings is 1. The van der Waals surface area contributed by atoms with Crippen molar-refractivity contribution < 1.29 is 4.74 Å². The number of hydrogen-bond donors (Lipinski definition) is 1. The first-order chi connectivity index (χ1) is 9.11. The van der Waals surface area contributed by atoms with Crippen molar-refractivity contribution in [2.24, 2.45) is 12.8 Å². The summed E-state index contributed by atoms with van der Waals surface area (Å²) in [6.45, 7) is 0.842. The first-order valence-electron chi connectivity index (χ1n) is 5.89. The highest BCUT2D eigenvalue weighted by Crippen LogP contribution is 2.32. The molecule has 1 aromatic heterocycles. The lowest BCUT2D eigenvalue weighted by Crippen LogP contribution is -2.08. The van der Waals surface area contributed by atoms with E-state index in [0.717, 1.165) is 17.7 Å². The number of ether oxygens (including phenoxy) is 1. The van der Waals surface area contributed by atoms with Crippen LogP contribution < -0.4 is 10.5 Å². The second-order valence-electron chi connectivity index (χ2n) is 4.12. The van der Waals surface area contributed by atoms with Gasteiger partial charge in [0.1, 0.15) is 5.75 Å². The molecule has 0 saturated carbocycles. The van der Waals surface area contributed by atoms with Crippen molar-refractivity contribution in [2.75, 3.05) is 6.61 Å². The van der Waals surface area contributed by atoms with Crippen molar-refractivity contribution in [2.45, 2.75) is 13.0 Å². The lowest BCUT2D eigenvalue weighted by atomic mass is 10.2. The van der Waals surface area contributed by atoms with Crippen LogP contribution in [0.15, 0.2) is 24.4 Å². The van der Waals surface area contributed by atoms with Gasteiger partial charge in [0.15, 0.2) is 0 Å².